The van der Waals surface area contributed by atoms with Gasteiger partial charge in [0, 0.05) is 6.92 Å². The van der Waals surface area contributed by atoms with Crippen molar-refractivity contribution in [3.05, 3.63) is 65.2 Å². The highest BCUT2D eigenvalue weighted by atomic mass is 16.5. The molecule has 20 heavy (non-hydrogen) atoms. The molecule has 0 spiro atoms. The van der Waals surface area contributed by atoms with Crippen molar-refractivity contribution in [1.29, 1.82) is 0 Å². The first-order valence-corrected chi connectivity index (χ1v) is 6.40. The summed E-state index contributed by atoms with van der Waals surface area (Å²) in [5.74, 6) is -0.409. The van der Waals surface area contributed by atoms with E-state index in [2.05, 4.69) is 31.2 Å². The molecule has 0 aromatic heterocycles. The molecule has 0 saturated carbocycles. The number of carbonyl (C=O) groups is 1. The molecule has 0 bridgehead atoms. The SMILES string of the molecule is CC(=O)N(O)c1ccc(/C=C/c2ccc(C)cc2)cc1. The maximum Gasteiger partial charge on any atom is 0.247 e. The Hall–Kier alpha value is -2.39. The number of amides is 1. The van der Waals surface area contributed by atoms with E-state index in [-0.39, 0.29) is 0 Å². The average molecular weight is 267 g/mol. The molecule has 3 nitrogen and oxygen atoms in total. The lowest BCUT2D eigenvalue weighted by atomic mass is 10.1. The fourth-order valence-corrected chi connectivity index (χ4v) is 1.78. The molecule has 1 N–H and O–H groups in total. The van der Waals surface area contributed by atoms with E-state index in [1.807, 2.05) is 24.3 Å². The summed E-state index contributed by atoms with van der Waals surface area (Å²) in [5, 5.41) is 10.1. The lowest BCUT2D eigenvalue weighted by molar-refractivity contribution is -0.121. The molecule has 2 rings (SSSR count). The average Bonchev–Trinajstić information content (AvgIpc) is 2.46. The molecule has 0 radical (unpaired) electrons. The maximum atomic E-state index is 11.0. The van der Waals surface area contributed by atoms with Crippen LogP contribution in [0, 0.1) is 6.92 Å². The number of aryl methyl sites for hydroxylation is 1. The number of hydrogen-bond acceptors (Lipinski definition) is 2. The highest BCUT2D eigenvalue weighted by molar-refractivity contribution is 5.89. The minimum Gasteiger partial charge on any atom is -0.281 e. The molecule has 3 heteroatoms. The minimum absolute atomic E-state index is 0.409. The summed E-state index contributed by atoms with van der Waals surface area (Å²) < 4.78 is 0. The molecule has 1 amide bonds. The van der Waals surface area contributed by atoms with E-state index in [0.717, 1.165) is 11.1 Å². The van der Waals surface area contributed by atoms with Gasteiger partial charge in [-0.25, -0.2) is 0 Å². The summed E-state index contributed by atoms with van der Waals surface area (Å²) in [7, 11) is 0. The molecule has 0 aliphatic heterocycles. The summed E-state index contributed by atoms with van der Waals surface area (Å²) in [6.45, 7) is 3.37. The Morgan fingerprint density at radius 3 is 1.85 bits per heavy atom. The van der Waals surface area contributed by atoms with Gasteiger partial charge in [-0.3, -0.25) is 10.0 Å². The Morgan fingerprint density at radius 2 is 1.40 bits per heavy atom. The molecule has 0 aliphatic rings. The van der Waals surface area contributed by atoms with Crippen LogP contribution in [0.4, 0.5) is 5.69 Å². The fraction of sp³-hybridized carbons (Fsp3) is 0.118. The Morgan fingerprint density at radius 1 is 0.950 bits per heavy atom. The van der Waals surface area contributed by atoms with Crippen LogP contribution < -0.4 is 5.06 Å². The van der Waals surface area contributed by atoms with E-state index in [1.165, 1.54) is 12.5 Å². The van der Waals surface area contributed by atoms with Crippen molar-refractivity contribution in [1.82, 2.24) is 0 Å². The molecule has 0 aliphatic carbocycles. The predicted molar refractivity (Wildman–Crippen MR) is 81.5 cm³/mol. The first-order chi connectivity index (χ1) is 9.56. The molecule has 0 heterocycles. The topological polar surface area (TPSA) is 40.5 Å². The summed E-state index contributed by atoms with van der Waals surface area (Å²) in [4.78, 5) is 11.0. The van der Waals surface area contributed by atoms with Gasteiger partial charge in [0.2, 0.25) is 5.91 Å². The van der Waals surface area contributed by atoms with Gasteiger partial charge in [0.25, 0.3) is 0 Å². The van der Waals surface area contributed by atoms with E-state index in [1.54, 1.807) is 12.1 Å². The van der Waals surface area contributed by atoms with E-state index < -0.39 is 5.91 Å². The molecular weight excluding hydrogens is 250 g/mol. The maximum absolute atomic E-state index is 11.0. The summed E-state index contributed by atoms with van der Waals surface area (Å²) in [6.07, 6.45) is 4.01. The van der Waals surface area contributed by atoms with Gasteiger partial charge < -0.3 is 0 Å². The number of hydrogen-bond donors (Lipinski definition) is 1. The van der Waals surface area contributed by atoms with Crippen molar-refractivity contribution in [2.45, 2.75) is 13.8 Å². The van der Waals surface area contributed by atoms with Crippen LogP contribution in [0.1, 0.15) is 23.6 Å². The first kappa shape index (κ1) is 14.0. The number of benzene rings is 2. The van der Waals surface area contributed by atoms with Crippen LogP contribution in [-0.2, 0) is 4.79 Å². The zero-order chi connectivity index (χ0) is 14.5. The molecule has 2 aromatic carbocycles. The van der Waals surface area contributed by atoms with Crippen LogP contribution in [0.25, 0.3) is 12.2 Å². The molecule has 0 saturated heterocycles. The van der Waals surface area contributed by atoms with E-state index >= 15 is 0 Å². The van der Waals surface area contributed by atoms with E-state index in [4.69, 9.17) is 0 Å². The Balaban J connectivity index is 2.10. The normalized spacial score (nSPS) is 10.8. The second-order valence-electron chi connectivity index (χ2n) is 4.67. The van der Waals surface area contributed by atoms with Crippen molar-refractivity contribution in [3.63, 3.8) is 0 Å². The third kappa shape index (κ3) is 3.56. The monoisotopic (exact) mass is 267 g/mol. The lowest BCUT2D eigenvalue weighted by Gasteiger charge is -2.12. The van der Waals surface area contributed by atoms with Crippen molar-refractivity contribution in [2.75, 3.05) is 5.06 Å². The third-order valence-corrected chi connectivity index (χ3v) is 2.98. The summed E-state index contributed by atoms with van der Waals surface area (Å²) in [5.41, 5.74) is 3.84. The van der Waals surface area contributed by atoms with Gasteiger partial charge in [-0.05, 0) is 30.2 Å². The molecule has 0 atom stereocenters. The highest BCUT2D eigenvalue weighted by Crippen LogP contribution is 2.16. The third-order valence-electron chi connectivity index (χ3n) is 2.98. The molecular formula is C17H17NO2. The molecule has 0 unspecified atom stereocenters. The minimum atomic E-state index is -0.409. The molecule has 2 aromatic rings. The van der Waals surface area contributed by atoms with E-state index in [9.17, 15) is 10.0 Å². The second-order valence-corrected chi connectivity index (χ2v) is 4.67. The number of hydroxylamine groups is 1. The summed E-state index contributed by atoms with van der Waals surface area (Å²) >= 11 is 0. The smallest absolute Gasteiger partial charge is 0.247 e. The Bertz CT molecular complexity index is 612. The van der Waals surface area contributed by atoms with Gasteiger partial charge in [0.1, 0.15) is 0 Å². The van der Waals surface area contributed by atoms with Gasteiger partial charge in [-0.1, -0.05) is 54.1 Å². The Kier molecular flexibility index (Phi) is 4.33. The van der Waals surface area contributed by atoms with Crippen molar-refractivity contribution in [2.24, 2.45) is 0 Å². The van der Waals surface area contributed by atoms with Gasteiger partial charge >= 0.3 is 0 Å². The van der Waals surface area contributed by atoms with Gasteiger partial charge in [-0.2, -0.15) is 5.06 Å². The predicted octanol–water partition coefficient (Wildman–Crippen LogP) is 3.91. The van der Waals surface area contributed by atoms with Crippen LogP contribution in [0.2, 0.25) is 0 Å². The van der Waals surface area contributed by atoms with Gasteiger partial charge in [0.15, 0.2) is 0 Å². The highest BCUT2D eigenvalue weighted by Gasteiger charge is 2.06. The van der Waals surface area contributed by atoms with Crippen LogP contribution in [0.3, 0.4) is 0 Å². The lowest BCUT2D eigenvalue weighted by Crippen LogP contribution is -2.23. The van der Waals surface area contributed by atoms with Crippen LogP contribution in [0.5, 0.6) is 0 Å². The zero-order valence-electron chi connectivity index (χ0n) is 11.6. The number of anilines is 1. The molecule has 102 valence electrons. The van der Waals surface area contributed by atoms with Gasteiger partial charge in [0.05, 0.1) is 5.69 Å². The van der Waals surface area contributed by atoms with Crippen molar-refractivity contribution < 1.29 is 10.0 Å². The largest absolute Gasteiger partial charge is 0.281 e. The Labute approximate surface area is 118 Å². The van der Waals surface area contributed by atoms with Crippen molar-refractivity contribution in [3.8, 4) is 0 Å². The first-order valence-electron chi connectivity index (χ1n) is 6.40. The standard InChI is InChI=1S/C17H17NO2/c1-13-3-5-15(6-4-13)7-8-16-9-11-17(12-10-16)18(20)14(2)19/h3-12,20H,1-2H3/b8-7+. The van der Waals surface area contributed by atoms with Crippen molar-refractivity contribution >= 4 is 23.7 Å². The summed E-state index contributed by atoms with van der Waals surface area (Å²) in [6, 6.07) is 15.4. The number of nitrogens with zero attached hydrogens (tertiary/aromatic N) is 1. The van der Waals surface area contributed by atoms with Crippen LogP contribution in [-0.4, -0.2) is 11.1 Å². The van der Waals surface area contributed by atoms with Crippen LogP contribution in [0.15, 0.2) is 48.5 Å². The zero-order valence-corrected chi connectivity index (χ0v) is 11.6. The number of carbonyl (C=O) groups excluding carboxylic acids is 1. The second kappa shape index (κ2) is 6.17. The molecule has 0 fully saturated rings. The quantitative estimate of drug-likeness (QED) is 0.520. The van der Waals surface area contributed by atoms with E-state index in [0.29, 0.717) is 10.8 Å². The fourth-order valence-electron chi connectivity index (χ4n) is 1.78. The number of rotatable bonds is 3. The van der Waals surface area contributed by atoms with Gasteiger partial charge in [-0.15, -0.1) is 0 Å². The van der Waals surface area contributed by atoms with Crippen LogP contribution >= 0.6 is 0 Å².